The molecule has 1 fully saturated rings. The number of aromatic nitrogens is 2. The molecule has 1 aliphatic rings. The molecule has 0 spiro atoms. The van der Waals surface area contributed by atoms with Crippen molar-refractivity contribution in [1.82, 2.24) is 20.8 Å². The van der Waals surface area contributed by atoms with Crippen LogP contribution < -0.4 is 10.6 Å². The van der Waals surface area contributed by atoms with Crippen LogP contribution in [-0.4, -0.2) is 29.2 Å². The lowest BCUT2D eigenvalue weighted by atomic mass is 9.80. The minimum atomic E-state index is 0. The molecule has 0 radical (unpaired) electrons. The Bertz CT molecular complexity index is 452. The van der Waals surface area contributed by atoms with Crippen LogP contribution in [0.25, 0.3) is 0 Å². The highest BCUT2D eigenvalue weighted by Gasteiger charge is 2.24. The average molecular weight is 407 g/mol. The van der Waals surface area contributed by atoms with E-state index >= 15 is 0 Å². The third-order valence-electron chi connectivity index (χ3n) is 3.73. The van der Waals surface area contributed by atoms with Crippen LogP contribution in [0.1, 0.15) is 44.8 Å². The SMILES string of the molecule is CN=C(NCc1noc(C)n1)NC1CC(C)CC(C)C1.I. The van der Waals surface area contributed by atoms with Crippen molar-refractivity contribution in [2.24, 2.45) is 16.8 Å². The van der Waals surface area contributed by atoms with Crippen molar-refractivity contribution < 1.29 is 4.52 Å². The summed E-state index contributed by atoms with van der Waals surface area (Å²) in [5.41, 5.74) is 0. The van der Waals surface area contributed by atoms with Gasteiger partial charge in [-0.25, -0.2) is 0 Å². The molecule has 1 aromatic heterocycles. The summed E-state index contributed by atoms with van der Waals surface area (Å²) in [7, 11) is 1.78. The number of aryl methyl sites for hydroxylation is 1. The maximum absolute atomic E-state index is 4.95. The van der Waals surface area contributed by atoms with E-state index in [9.17, 15) is 0 Å². The maximum atomic E-state index is 4.95. The van der Waals surface area contributed by atoms with Crippen LogP contribution in [0.5, 0.6) is 0 Å². The second kappa shape index (κ2) is 8.55. The first-order valence-corrected chi connectivity index (χ1v) is 7.33. The molecule has 1 aromatic rings. The summed E-state index contributed by atoms with van der Waals surface area (Å²) in [6.45, 7) is 6.95. The minimum absolute atomic E-state index is 0. The van der Waals surface area contributed by atoms with Crippen molar-refractivity contribution in [2.75, 3.05) is 7.05 Å². The predicted octanol–water partition coefficient (Wildman–Crippen LogP) is 2.49. The average Bonchev–Trinajstić information content (AvgIpc) is 2.79. The largest absolute Gasteiger partial charge is 0.354 e. The van der Waals surface area contributed by atoms with E-state index in [0.29, 0.717) is 24.3 Å². The number of nitrogens with one attached hydrogen (secondary N) is 2. The van der Waals surface area contributed by atoms with Crippen LogP contribution in [0, 0.1) is 18.8 Å². The maximum Gasteiger partial charge on any atom is 0.223 e. The lowest BCUT2D eigenvalue weighted by molar-refractivity contribution is 0.255. The Morgan fingerprint density at radius 1 is 1.29 bits per heavy atom. The van der Waals surface area contributed by atoms with Gasteiger partial charge < -0.3 is 15.2 Å². The molecule has 6 nitrogen and oxygen atoms in total. The van der Waals surface area contributed by atoms with Gasteiger partial charge in [-0.15, -0.1) is 24.0 Å². The highest BCUT2D eigenvalue weighted by Crippen LogP contribution is 2.28. The molecule has 0 saturated heterocycles. The second-order valence-corrected chi connectivity index (χ2v) is 5.91. The Balaban J connectivity index is 0.00000220. The molecule has 7 heteroatoms. The Morgan fingerprint density at radius 2 is 1.95 bits per heavy atom. The summed E-state index contributed by atoms with van der Waals surface area (Å²) in [4.78, 5) is 8.43. The quantitative estimate of drug-likeness (QED) is 0.458. The molecule has 0 bridgehead atoms. The topological polar surface area (TPSA) is 75.3 Å². The molecular formula is C14H26IN5O. The van der Waals surface area contributed by atoms with Gasteiger partial charge in [0.2, 0.25) is 5.89 Å². The zero-order chi connectivity index (χ0) is 14.5. The number of hydrogen-bond acceptors (Lipinski definition) is 4. The van der Waals surface area contributed by atoms with Gasteiger partial charge in [0.1, 0.15) is 0 Å². The van der Waals surface area contributed by atoms with Gasteiger partial charge in [-0.3, -0.25) is 4.99 Å². The summed E-state index contributed by atoms with van der Waals surface area (Å²) in [5.74, 6) is 3.58. The van der Waals surface area contributed by atoms with Gasteiger partial charge in [0, 0.05) is 20.0 Å². The van der Waals surface area contributed by atoms with Crippen molar-refractivity contribution in [3.05, 3.63) is 11.7 Å². The van der Waals surface area contributed by atoms with E-state index in [-0.39, 0.29) is 24.0 Å². The third kappa shape index (κ3) is 5.80. The molecule has 2 atom stereocenters. The summed E-state index contributed by atoms with van der Waals surface area (Å²) >= 11 is 0. The number of nitrogens with zero attached hydrogens (tertiary/aromatic N) is 3. The molecule has 1 aliphatic carbocycles. The first-order chi connectivity index (χ1) is 9.56. The molecule has 0 aromatic carbocycles. The summed E-state index contributed by atoms with van der Waals surface area (Å²) < 4.78 is 4.95. The van der Waals surface area contributed by atoms with Gasteiger partial charge in [-0.2, -0.15) is 4.98 Å². The Kier molecular flexibility index (Phi) is 7.41. The van der Waals surface area contributed by atoms with Gasteiger partial charge in [-0.1, -0.05) is 19.0 Å². The van der Waals surface area contributed by atoms with Crippen molar-refractivity contribution in [3.8, 4) is 0 Å². The van der Waals surface area contributed by atoms with Crippen molar-refractivity contribution in [1.29, 1.82) is 0 Å². The van der Waals surface area contributed by atoms with E-state index < -0.39 is 0 Å². The fourth-order valence-corrected chi connectivity index (χ4v) is 3.03. The highest BCUT2D eigenvalue weighted by molar-refractivity contribution is 14.0. The van der Waals surface area contributed by atoms with E-state index in [1.165, 1.54) is 19.3 Å². The van der Waals surface area contributed by atoms with Crippen LogP contribution >= 0.6 is 24.0 Å². The highest BCUT2D eigenvalue weighted by atomic mass is 127. The van der Waals surface area contributed by atoms with Gasteiger partial charge in [0.05, 0.1) is 6.54 Å². The van der Waals surface area contributed by atoms with Crippen LogP contribution in [-0.2, 0) is 6.54 Å². The number of hydrogen-bond donors (Lipinski definition) is 2. The van der Waals surface area contributed by atoms with Crippen molar-refractivity contribution >= 4 is 29.9 Å². The zero-order valence-electron chi connectivity index (χ0n) is 13.2. The van der Waals surface area contributed by atoms with E-state index in [0.717, 1.165) is 17.8 Å². The van der Waals surface area contributed by atoms with Crippen LogP contribution in [0.3, 0.4) is 0 Å². The van der Waals surface area contributed by atoms with Crippen molar-refractivity contribution in [3.63, 3.8) is 0 Å². The van der Waals surface area contributed by atoms with Gasteiger partial charge in [0.15, 0.2) is 11.8 Å². The molecular weight excluding hydrogens is 381 g/mol. The smallest absolute Gasteiger partial charge is 0.223 e. The molecule has 2 unspecified atom stereocenters. The predicted molar refractivity (Wildman–Crippen MR) is 93.8 cm³/mol. The molecule has 0 amide bonds. The van der Waals surface area contributed by atoms with E-state index in [2.05, 4.69) is 39.6 Å². The van der Waals surface area contributed by atoms with Gasteiger partial charge >= 0.3 is 0 Å². The monoisotopic (exact) mass is 407 g/mol. The lowest BCUT2D eigenvalue weighted by Gasteiger charge is -2.32. The van der Waals surface area contributed by atoms with E-state index in [4.69, 9.17) is 4.52 Å². The Labute approximate surface area is 143 Å². The fraction of sp³-hybridized carbons (Fsp3) is 0.786. The fourth-order valence-electron chi connectivity index (χ4n) is 3.03. The zero-order valence-corrected chi connectivity index (χ0v) is 15.5. The number of rotatable bonds is 3. The normalized spacial score (nSPS) is 26.1. The van der Waals surface area contributed by atoms with Crippen LogP contribution in [0.2, 0.25) is 0 Å². The first kappa shape index (κ1) is 18.2. The van der Waals surface area contributed by atoms with Gasteiger partial charge in [0.25, 0.3) is 0 Å². The second-order valence-electron chi connectivity index (χ2n) is 5.91. The molecule has 120 valence electrons. The number of halogens is 1. The molecule has 2 rings (SSSR count). The van der Waals surface area contributed by atoms with Crippen LogP contribution in [0.4, 0.5) is 0 Å². The number of guanidine groups is 1. The molecule has 2 N–H and O–H groups in total. The van der Waals surface area contributed by atoms with Crippen LogP contribution in [0.15, 0.2) is 9.52 Å². The minimum Gasteiger partial charge on any atom is -0.354 e. The summed E-state index contributed by atoms with van der Waals surface area (Å²) in [6.07, 6.45) is 3.73. The van der Waals surface area contributed by atoms with Gasteiger partial charge in [-0.05, 0) is 31.1 Å². The molecule has 1 heterocycles. The molecule has 0 aliphatic heterocycles. The lowest BCUT2D eigenvalue weighted by Crippen LogP contribution is -2.46. The van der Waals surface area contributed by atoms with E-state index in [1.807, 2.05) is 0 Å². The Hall–Kier alpha value is -0.860. The molecule has 21 heavy (non-hydrogen) atoms. The standard InChI is InChI=1S/C14H25N5O.HI/c1-9-5-10(2)7-12(6-9)18-14(15-4)16-8-13-17-11(3)20-19-13;/h9-10,12H,5-8H2,1-4H3,(H2,15,16,18);1H. The first-order valence-electron chi connectivity index (χ1n) is 7.33. The summed E-state index contributed by atoms with van der Waals surface area (Å²) in [6, 6.07) is 0.493. The third-order valence-corrected chi connectivity index (χ3v) is 3.73. The Morgan fingerprint density at radius 3 is 2.48 bits per heavy atom. The number of aliphatic imine (C=N–C) groups is 1. The molecule has 1 saturated carbocycles. The summed E-state index contributed by atoms with van der Waals surface area (Å²) in [5, 5.41) is 10.6. The van der Waals surface area contributed by atoms with E-state index in [1.54, 1.807) is 14.0 Å². The van der Waals surface area contributed by atoms with Crippen molar-refractivity contribution in [2.45, 2.75) is 52.6 Å².